The van der Waals surface area contributed by atoms with Crippen molar-refractivity contribution in [3.8, 4) is 0 Å². The zero-order valence-electron chi connectivity index (χ0n) is 16.8. The van der Waals surface area contributed by atoms with Gasteiger partial charge in [-0.3, -0.25) is 0 Å². The first-order valence-corrected chi connectivity index (χ1v) is 11.2. The van der Waals surface area contributed by atoms with Crippen LogP contribution in [0.25, 0.3) is 0 Å². The molecule has 0 aromatic rings. The van der Waals surface area contributed by atoms with Gasteiger partial charge in [0.25, 0.3) is 0 Å². The molecular formula is C22H45NO. The lowest BCUT2D eigenvalue weighted by molar-refractivity contribution is -0.888. The molecule has 0 radical (unpaired) electrons. The summed E-state index contributed by atoms with van der Waals surface area (Å²) in [6.45, 7) is 2.29. The quantitative estimate of drug-likeness (QED) is 0.280. The lowest BCUT2D eigenvalue weighted by Crippen LogP contribution is -3.13. The van der Waals surface area contributed by atoms with E-state index in [2.05, 4.69) is 6.92 Å². The van der Waals surface area contributed by atoms with Crippen LogP contribution in [-0.2, 0) is 0 Å². The van der Waals surface area contributed by atoms with E-state index in [1.54, 1.807) is 0 Å². The fourth-order valence-corrected chi connectivity index (χ4v) is 4.49. The van der Waals surface area contributed by atoms with E-state index < -0.39 is 0 Å². The number of rotatable bonds is 15. The number of nitrogens with one attached hydrogen (secondary N) is 1. The highest BCUT2D eigenvalue weighted by Crippen LogP contribution is 2.30. The number of hydroxylamine groups is 2. The van der Waals surface area contributed by atoms with Gasteiger partial charge in [0.1, 0.15) is 0 Å². The average molecular weight is 340 g/mol. The minimum absolute atomic E-state index is 0.0794. The standard InChI is InChI=1S/C22H45NO/c1-3-4-5-6-7-8-9-10-11-12-13-14-16-19-22(23(2)24)20-17-15-18-21-22/h23H,3-21H2,1-2H3. The Morgan fingerprint density at radius 3 is 1.50 bits per heavy atom. The van der Waals surface area contributed by atoms with Gasteiger partial charge in [0.05, 0.1) is 12.6 Å². The molecule has 1 saturated carbocycles. The SMILES string of the molecule is CCCCCCCCCCCCCCCC1([NH+](C)[O-])CCCCC1. The molecule has 1 fully saturated rings. The van der Waals surface area contributed by atoms with Crippen LogP contribution in [0.5, 0.6) is 0 Å². The summed E-state index contributed by atoms with van der Waals surface area (Å²) in [5.74, 6) is 0. The predicted molar refractivity (Wildman–Crippen MR) is 106 cm³/mol. The van der Waals surface area contributed by atoms with Gasteiger partial charge in [0, 0.05) is 19.3 Å². The summed E-state index contributed by atoms with van der Waals surface area (Å²) in [7, 11) is 1.84. The van der Waals surface area contributed by atoms with Gasteiger partial charge in [-0.05, 0) is 19.3 Å². The van der Waals surface area contributed by atoms with E-state index in [0.29, 0.717) is 5.06 Å². The van der Waals surface area contributed by atoms with E-state index >= 15 is 0 Å². The Morgan fingerprint density at radius 1 is 0.667 bits per heavy atom. The molecule has 0 spiro atoms. The molecule has 1 aliphatic carbocycles. The molecule has 2 nitrogen and oxygen atoms in total. The molecule has 0 heterocycles. The molecule has 2 heteroatoms. The lowest BCUT2D eigenvalue weighted by atomic mass is 9.78. The molecule has 0 aliphatic heterocycles. The largest absolute Gasteiger partial charge is 0.634 e. The van der Waals surface area contributed by atoms with Crippen LogP contribution in [0.1, 0.15) is 129 Å². The molecule has 0 bridgehead atoms. The summed E-state index contributed by atoms with van der Waals surface area (Å²) < 4.78 is 0. The molecular weight excluding hydrogens is 294 g/mol. The molecule has 0 aromatic carbocycles. The van der Waals surface area contributed by atoms with Gasteiger partial charge in [-0.25, -0.2) is 0 Å². The topological polar surface area (TPSA) is 27.5 Å². The van der Waals surface area contributed by atoms with E-state index in [1.165, 1.54) is 122 Å². The second kappa shape index (κ2) is 14.1. The highest BCUT2D eigenvalue weighted by Gasteiger charge is 2.35. The second-order valence-electron chi connectivity index (χ2n) is 8.39. The van der Waals surface area contributed by atoms with Crippen LogP contribution in [0.2, 0.25) is 0 Å². The Labute approximate surface area is 152 Å². The van der Waals surface area contributed by atoms with Gasteiger partial charge in [0.2, 0.25) is 0 Å². The highest BCUT2D eigenvalue weighted by molar-refractivity contribution is 4.82. The van der Waals surface area contributed by atoms with Crippen molar-refractivity contribution >= 4 is 0 Å². The molecule has 144 valence electrons. The Hall–Kier alpha value is -0.0800. The zero-order valence-corrected chi connectivity index (χ0v) is 16.8. The third-order valence-electron chi connectivity index (χ3n) is 6.32. The molecule has 1 unspecified atom stereocenters. The van der Waals surface area contributed by atoms with E-state index in [4.69, 9.17) is 0 Å². The van der Waals surface area contributed by atoms with Crippen molar-refractivity contribution in [2.24, 2.45) is 0 Å². The zero-order chi connectivity index (χ0) is 17.5. The van der Waals surface area contributed by atoms with Crippen molar-refractivity contribution in [2.45, 2.75) is 134 Å². The summed E-state index contributed by atoms with van der Waals surface area (Å²) in [6.07, 6.45) is 25.7. The van der Waals surface area contributed by atoms with Gasteiger partial charge in [-0.15, -0.1) is 0 Å². The first-order valence-electron chi connectivity index (χ1n) is 11.2. The minimum Gasteiger partial charge on any atom is -0.634 e. The predicted octanol–water partition coefficient (Wildman–Crippen LogP) is 6.18. The van der Waals surface area contributed by atoms with Crippen LogP contribution in [0.4, 0.5) is 0 Å². The number of hydrogen-bond donors (Lipinski definition) is 1. The number of unbranched alkanes of at least 4 members (excludes halogenated alkanes) is 12. The Balaban J connectivity index is 1.89. The first kappa shape index (κ1) is 22.0. The smallest absolute Gasteiger partial charge is 0.0971 e. The van der Waals surface area contributed by atoms with E-state index in [0.717, 1.165) is 0 Å². The second-order valence-corrected chi connectivity index (χ2v) is 8.39. The average Bonchev–Trinajstić information content (AvgIpc) is 2.59. The van der Waals surface area contributed by atoms with Crippen LogP contribution >= 0.6 is 0 Å². The maximum Gasteiger partial charge on any atom is 0.0971 e. The van der Waals surface area contributed by atoms with Crippen molar-refractivity contribution < 1.29 is 5.06 Å². The summed E-state index contributed by atoms with van der Waals surface area (Å²) in [5.41, 5.74) is 0.0794. The minimum atomic E-state index is 0.0794. The normalized spacial score (nSPS) is 18.6. The summed E-state index contributed by atoms with van der Waals surface area (Å²) >= 11 is 0. The molecule has 1 rings (SSSR count). The Morgan fingerprint density at radius 2 is 1.08 bits per heavy atom. The van der Waals surface area contributed by atoms with E-state index in [9.17, 15) is 5.21 Å². The Kier molecular flexibility index (Phi) is 12.9. The molecule has 0 aromatic heterocycles. The lowest BCUT2D eigenvalue weighted by Gasteiger charge is -2.44. The molecule has 24 heavy (non-hydrogen) atoms. The van der Waals surface area contributed by atoms with Crippen LogP contribution in [0.3, 0.4) is 0 Å². The highest BCUT2D eigenvalue weighted by atomic mass is 16.5. The van der Waals surface area contributed by atoms with Crippen LogP contribution in [0.15, 0.2) is 0 Å². The van der Waals surface area contributed by atoms with Crippen LogP contribution in [0, 0.1) is 5.21 Å². The monoisotopic (exact) mass is 339 g/mol. The number of quaternary nitrogens is 1. The van der Waals surface area contributed by atoms with Crippen LogP contribution < -0.4 is 5.06 Å². The maximum absolute atomic E-state index is 12.1. The van der Waals surface area contributed by atoms with Gasteiger partial charge < -0.3 is 10.3 Å². The molecule has 1 aliphatic rings. The molecule has 1 N–H and O–H groups in total. The first-order chi connectivity index (χ1) is 11.7. The van der Waals surface area contributed by atoms with E-state index in [-0.39, 0.29) is 5.54 Å². The van der Waals surface area contributed by atoms with Crippen molar-refractivity contribution in [2.75, 3.05) is 7.05 Å². The van der Waals surface area contributed by atoms with E-state index in [1.807, 2.05) is 7.05 Å². The van der Waals surface area contributed by atoms with Crippen LogP contribution in [-0.4, -0.2) is 12.6 Å². The van der Waals surface area contributed by atoms with Gasteiger partial charge in [-0.1, -0.05) is 90.4 Å². The number of hydrogen-bond acceptors (Lipinski definition) is 1. The summed E-state index contributed by atoms with van der Waals surface area (Å²) in [6, 6.07) is 0. The fraction of sp³-hybridized carbons (Fsp3) is 1.00. The van der Waals surface area contributed by atoms with Gasteiger partial charge in [0.15, 0.2) is 0 Å². The Bertz CT molecular complexity index is 271. The molecule has 1 atom stereocenters. The van der Waals surface area contributed by atoms with Crippen molar-refractivity contribution in [3.63, 3.8) is 0 Å². The summed E-state index contributed by atoms with van der Waals surface area (Å²) in [4.78, 5) is 0. The molecule has 0 saturated heterocycles. The van der Waals surface area contributed by atoms with Crippen molar-refractivity contribution in [1.82, 2.24) is 0 Å². The third-order valence-corrected chi connectivity index (χ3v) is 6.32. The van der Waals surface area contributed by atoms with Gasteiger partial charge in [-0.2, -0.15) is 0 Å². The van der Waals surface area contributed by atoms with Crippen molar-refractivity contribution in [1.29, 1.82) is 0 Å². The van der Waals surface area contributed by atoms with Gasteiger partial charge >= 0.3 is 0 Å². The summed E-state index contributed by atoms with van der Waals surface area (Å²) in [5, 5.41) is 12.5. The third kappa shape index (κ3) is 9.42. The fourth-order valence-electron chi connectivity index (χ4n) is 4.49. The van der Waals surface area contributed by atoms with Crippen molar-refractivity contribution in [3.05, 3.63) is 5.21 Å². The maximum atomic E-state index is 12.1. The molecule has 0 amide bonds.